The number of carbonyl (C=O) groups is 1. The van der Waals surface area contributed by atoms with E-state index < -0.39 is 6.09 Å². The number of nitrogens with one attached hydrogen (secondary N) is 1. The molecule has 0 aromatic heterocycles. The van der Waals surface area contributed by atoms with Crippen LogP contribution in [0.2, 0.25) is 5.02 Å². The fraction of sp³-hybridized carbons (Fsp3) is 0.333. The molecule has 96 valence electrons. The third-order valence-electron chi connectivity index (χ3n) is 2.68. The van der Waals surface area contributed by atoms with E-state index in [1.807, 2.05) is 6.92 Å². The van der Waals surface area contributed by atoms with Crippen LogP contribution in [0.25, 0.3) is 0 Å². The summed E-state index contributed by atoms with van der Waals surface area (Å²) < 4.78 is 0.0380. The van der Waals surface area contributed by atoms with Crippen LogP contribution in [0.3, 0.4) is 0 Å². The number of carbonyl (C=O) groups excluding carboxylic acids is 1. The molecule has 1 aliphatic rings. The lowest BCUT2D eigenvalue weighted by atomic mass is 10.1. The summed E-state index contributed by atoms with van der Waals surface area (Å²) in [5, 5.41) is 6.93. The number of oxime groups is 1. The molecule has 0 spiro atoms. The van der Waals surface area contributed by atoms with Crippen molar-refractivity contribution < 1.29 is 9.63 Å². The maximum absolute atomic E-state index is 11.5. The molecule has 1 unspecified atom stereocenters. The summed E-state index contributed by atoms with van der Waals surface area (Å²) in [6, 6.07) is 6.83. The van der Waals surface area contributed by atoms with E-state index in [4.69, 9.17) is 16.4 Å². The summed E-state index contributed by atoms with van der Waals surface area (Å²) >= 11 is 7.58. The van der Waals surface area contributed by atoms with E-state index in [9.17, 15) is 4.79 Å². The Bertz CT molecular complexity index is 501. The molecule has 0 saturated carbocycles. The van der Waals surface area contributed by atoms with Gasteiger partial charge < -0.3 is 0 Å². The van der Waals surface area contributed by atoms with Gasteiger partial charge in [0.05, 0.1) is 10.5 Å². The fourth-order valence-corrected chi connectivity index (χ4v) is 2.09. The van der Waals surface area contributed by atoms with Crippen LogP contribution in [0.1, 0.15) is 13.8 Å². The Morgan fingerprint density at radius 2 is 2.33 bits per heavy atom. The van der Waals surface area contributed by atoms with Gasteiger partial charge in [0.1, 0.15) is 0 Å². The van der Waals surface area contributed by atoms with Gasteiger partial charge in [-0.2, -0.15) is 0 Å². The standard InChI is InChI=1S/C12H13ClN2O2S/c1-8(12(2)7-18-12)15-17-11(16)14-10-5-3-4-9(13)6-10/h3-6H,7H2,1-2H3,(H,14,16)/b15-8-. The van der Waals surface area contributed by atoms with Crippen LogP contribution in [0.15, 0.2) is 29.4 Å². The summed E-state index contributed by atoms with van der Waals surface area (Å²) in [5.74, 6) is 1.02. The Morgan fingerprint density at radius 3 is 2.94 bits per heavy atom. The highest BCUT2D eigenvalue weighted by molar-refractivity contribution is 8.08. The summed E-state index contributed by atoms with van der Waals surface area (Å²) in [5.41, 5.74) is 1.39. The van der Waals surface area contributed by atoms with Crippen molar-refractivity contribution in [3.63, 3.8) is 0 Å². The van der Waals surface area contributed by atoms with Crippen LogP contribution in [0.5, 0.6) is 0 Å². The predicted molar refractivity (Wildman–Crippen MR) is 75.5 cm³/mol. The molecular formula is C12H13ClN2O2S. The largest absolute Gasteiger partial charge is 0.437 e. The molecule has 2 rings (SSSR count). The number of halogens is 1. The maximum Gasteiger partial charge on any atom is 0.437 e. The molecule has 1 N–H and O–H groups in total. The topological polar surface area (TPSA) is 50.7 Å². The summed E-state index contributed by atoms with van der Waals surface area (Å²) in [4.78, 5) is 16.3. The van der Waals surface area contributed by atoms with Crippen LogP contribution >= 0.6 is 23.4 Å². The minimum Gasteiger partial charge on any atom is -0.298 e. The van der Waals surface area contributed by atoms with Crippen LogP contribution in [-0.2, 0) is 4.84 Å². The van der Waals surface area contributed by atoms with Gasteiger partial charge in [0.15, 0.2) is 0 Å². The van der Waals surface area contributed by atoms with E-state index in [-0.39, 0.29) is 4.75 Å². The van der Waals surface area contributed by atoms with Gasteiger partial charge in [-0.15, -0.1) is 11.8 Å². The summed E-state index contributed by atoms with van der Waals surface area (Å²) in [6.45, 7) is 3.92. The third-order valence-corrected chi connectivity index (χ3v) is 4.36. The number of thioether (sulfide) groups is 1. The second kappa shape index (κ2) is 5.20. The molecule has 1 saturated heterocycles. The third kappa shape index (κ3) is 3.40. The normalized spacial score (nSPS) is 22.5. The number of anilines is 1. The molecule has 1 heterocycles. The van der Waals surface area contributed by atoms with Crippen LogP contribution < -0.4 is 5.32 Å². The van der Waals surface area contributed by atoms with Crippen molar-refractivity contribution in [1.29, 1.82) is 0 Å². The van der Waals surface area contributed by atoms with Gasteiger partial charge in [-0.1, -0.05) is 22.8 Å². The van der Waals surface area contributed by atoms with Gasteiger partial charge in [-0.3, -0.25) is 10.2 Å². The predicted octanol–water partition coefficient (Wildman–Crippen LogP) is 3.77. The number of rotatable bonds is 3. The van der Waals surface area contributed by atoms with Crippen molar-refractivity contribution in [2.45, 2.75) is 18.6 Å². The van der Waals surface area contributed by atoms with Crippen LogP contribution in [-0.4, -0.2) is 22.3 Å². The van der Waals surface area contributed by atoms with Gasteiger partial charge in [0, 0.05) is 16.5 Å². The van der Waals surface area contributed by atoms with Gasteiger partial charge in [-0.25, -0.2) is 4.79 Å². The molecule has 1 aromatic rings. The Hall–Kier alpha value is -1.20. The van der Waals surface area contributed by atoms with Crippen LogP contribution in [0.4, 0.5) is 10.5 Å². The zero-order chi connectivity index (χ0) is 13.2. The number of hydrogen-bond acceptors (Lipinski definition) is 4. The Kier molecular flexibility index (Phi) is 3.82. The molecule has 18 heavy (non-hydrogen) atoms. The first-order valence-electron chi connectivity index (χ1n) is 5.42. The number of amides is 1. The quantitative estimate of drug-likeness (QED) is 0.398. The second-order valence-electron chi connectivity index (χ2n) is 4.21. The van der Waals surface area contributed by atoms with E-state index in [2.05, 4.69) is 17.4 Å². The van der Waals surface area contributed by atoms with E-state index in [0.717, 1.165) is 11.5 Å². The maximum atomic E-state index is 11.5. The van der Waals surface area contributed by atoms with Gasteiger partial charge in [0.25, 0.3) is 0 Å². The lowest BCUT2D eigenvalue weighted by molar-refractivity contribution is 0.166. The molecule has 0 aliphatic carbocycles. The zero-order valence-corrected chi connectivity index (χ0v) is 11.6. The summed E-state index contributed by atoms with van der Waals surface area (Å²) in [7, 11) is 0. The molecule has 1 aromatic carbocycles. The molecular weight excluding hydrogens is 272 g/mol. The number of nitrogens with zero attached hydrogens (tertiary/aromatic N) is 1. The van der Waals surface area contributed by atoms with E-state index in [0.29, 0.717) is 10.7 Å². The second-order valence-corrected chi connectivity index (χ2v) is 6.13. The average molecular weight is 285 g/mol. The molecule has 6 heteroatoms. The molecule has 1 fully saturated rings. The molecule has 0 bridgehead atoms. The van der Waals surface area contributed by atoms with Gasteiger partial charge in [0.2, 0.25) is 0 Å². The minimum atomic E-state index is -0.620. The van der Waals surface area contributed by atoms with Gasteiger partial charge in [-0.05, 0) is 32.0 Å². The fourth-order valence-electron chi connectivity index (χ4n) is 1.23. The van der Waals surface area contributed by atoms with E-state index >= 15 is 0 Å². The molecule has 4 nitrogen and oxygen atoms in total. The Balaban J connectivity index is 1.89. The van der Waals surface area contributed by atoms with Crippen LogP contribution in [0, 0.1) is 0 Å². The first-order valence-corrected chi connectivity index (χ1v) is 6.78. The van der Waals surface area contributed by atoms with E-state index in [1.165, 1.54) is 0 Å². The Labute approximate surface area is 115 Å². The first-order chi connectivity index (χ1) is 8.49. The average Bonchev–Trinajstić information content (AvgIpc) is 3.05. The number of benzene rings is 1. The first kappa shape index (κ1) is 13.2. The Morgan fingerprint density at radius 1 is 1.61 bits per heavy atom. The zero-order valence-electron chi connectivity index (χ0n) is 10.1. The highest BCUT2D eigenvalue weighted by atomic mass is 35.5. The van der Waals surface area contributed by atoms with E-state index in [1.54, 1.807) is 36.0 Å². The van der Waals surface area contributed by atoms with Crippen molar-refractivity contribution in [1.82, 2.24) is 0 Å². The summed E-state index contributed by atoms with van der Waals surface area (Å²) in [6.07, 6.45) is -0.620. The lowest BCUT2D eigenvalue weighted by Crippen LogP contribution is -2.18. The SMILES string of the molecule is C/C(=N/OC(=O)Nc1cccc(Cl)c1)C1(C)CS1. The van der Waals surface area contributed by atoms with Crippen molar-refractivity contribution in [2.24, 2.45) is 5.16 Å². The van der Waals surface area contributed by atoms with Gasteiger partial charge >= 0.3 is 6.09 Å². The van der Waals surface area contributed by atoms with Crippen molar-refractivity contribution in [3.8, 4) is 0 Å². The minimum absolute atomic E-state index is 0.0380. The van der Waals surface area contributed by atoms with Crippen molar-refractivity contribution >= 4 is 40.9 Å². The highest BCUT2D eigenvalue weighted by Crippen LogP contribution is 2.45. The number of hydrogen-bond donors (Lipinski definition) is 1. The molecule has 1 aliphatic heterocycles. The monoisotopic (exact) mass is 284 g/mol. The molecule has 0 radical (unpaired) electrons. The molecule has 1 amide bonds. The smallest absolute Gasteiger partial charge is 0.298 e. The molecule has 1 atom stereocenters. The highest BCUT2D eigenvalue weighted by Gasteiger charge is 2.42. The van der Waals surface area contributed by atoms with Crippen molar-refractivity contribution in [2.75, 3.05) is 11.1 Å². The lowest BCUT2D eigenvalue weighted by Gasteiger charge is -2.06. The van der Waals surface area contributed by atoms with Crippen molar-refractivity contribution in [3.05, 3.63) is 29.3 Å².